The first-order chi connectivity index (χ1) is 16.7. The van der Waals surface area contributed by atoms with E-state index in [0.29, 0.717) is 25.2 Å². The maximum Gasteiger partial charge on any atom is 0.253 e. The van der Waals surface area contributed by atoms with Gasteiger partial charge in [-0.1, -0.05) is 23.8 Å². The number of aromatic nitrogens is 1. The second-order valence-electron chi connectivity index (χ2n) is 9.69. The third-order valence-corrected chi connectivity index (χ3v) is 10.4. The fourth-order valence-corrected chi connectivity index (χ4v) is 7.88. The Morgan fingerprint density at radius 2 is 1.71 bits per heavy atom. The van der Waals surface area contributed by atoms with Gasteiger partial charge in [-0.05, 0) is 75.1 Å². The van der Waals surface area contributed by atoms with E-state index in [1.165, 1.54) is 15.8 Å². The molecule has 186 valence electrons. The first-order valence-electron chi connectivity index (χ1n) is 12.3. The first kappa shape index (κ1) is 24.2. The fraction of sp³-hybridized carbons (Fsp3) is 0.462. The van der Waals surface area contributed by atoms with Gasteiger partial charge in [0.05, 0.1) is 15.1 Å². The molecule has 2 aliphatic rings. The van der Waals surface area contributed by atoms with Crippen LogP contribution < -0.4 is 4.90 Å². The summed E-state index contributed by atoms with van der Waals surface area (Å²) in [7, 11) is -3.54. The zero-order chi connectivity index (χ0) is 24.7. The van der Waals surface area contributed by atoms with Gasteiger partial charge in [-0.3, -0.25) is 4.79 Å². The third-order valence-electron chi connectivity index (χ3n) is 7.10. The number of nitrogens with zero attached hydrogens (tertiary/aromatic N) is 4. The van der Waals surface area contributed by atoms with Crippen LogP contribution in [0, 0.1) is 13.8 Å². The summed E-state index contributed by atoms with van der Waals surface area (Å²) >= 11 is 1.71. The summed E-state index contributed by atoms with van der Waals surface area (Å²) < 4.78 is 29.0. The summed E-state index contributed by atoms with van der Waals surface area (Å²) in [6.07, 6.45) is 2.84. The molecule has 0 spiro atoms. The Morgan fingerprint density at radius 3 is 2.40 bits per heavy atom. The zero-order valence-electron chi connectivity index (χ0n) is 20.5. The summed E-state index contributed by atoms with van der Waals surface area (Å²) in [5.41, 5.74) is 4.02. The van der Waals surface area contributed by atoms with E-state index in [1.807, 2.05) is 11.8 Å². The molecule has 1 amide bonds. The van der Waals surface area contributed by atoms with Gasteiger partial charge in [-0.25, -0.2) is 13.4 Å². The highest BCUT2D eigenvalue weighted by atomic mass is 32.2. The molecule has 1 aromatic heterocycles. The van der Waals surface area contributed by atoms with Crippen LogP contribution in [0.1, 0.15) is 47.7 Å². The molecule has 1 atom stereocenters. The molecule has 5 rings (SSSR count). The van der Waals surface area contributed by atoms with E-state index < -0.39 is 10.0 Å². The van der Waals surface area contributed by atoms with Crippen molar-refractivity contribution in [2.45, 2.75) is 51.0 Å². The van der Waals surface area contributed by atoms with E-state index in [2.05, 4.69) is 30.9 Å². The molecule has 0 radical (unpaired) electrons. The van der Waals surface area contributed by atoms with Crippen LogP contribution in [0.15, 0.2) is 41.3 Å². The Hall–Kier alpha value is -2.49. The van der Waals surface area contributed by atoms with Gasteiger partial charge in [-0.2, -0.15) is 4.31 Å². The number of aryl methyl sites for hydroxylation is 2. The Balaban J connectivity index is 1.24. The van der Waals surface area contributed by atoms with Crippen LogP contribution in [0.2, 0.25) is 0 Å². The summed E-state index contributed by atoms with van der Waals surface area (Å²) in [5.74, 6) is -0.0595. The third kappa shape index (κ3) is 4.69. The number of thiazole rings is 1. The number of benzene rings is 2. The Labute approximate surface area is 211 Å². The van der Waals surface area contributed by atoms with Crippen molar-refractivity contribution in [3.63, 3.8) is 0 Å². The molecule has 2 aliphatic heterocycles. The van der Waals surface area contributed by atoms with Crippen LogP contribution in [0.4, 0.5) is 5.13 Å². The molecule has 0 bridgehead atoms. The number of carbonyl (C=O) groups is 1. The highest BCUT2D eigenvalue weighted by Gasteiger charge is 2.31. The van der Waals surface area contributed by atoms with E-state index >= 15 is 0 Å². The lowest BCUT2D eigenvalue weighted by Gasteiger charge is -2.34. The zero-order valence-corrected chi connectivity index (χ0v) is 22.2. The largest absolute Gasteiger partial charge is 0.345 e. The van der Waals surface area contributed by atoms with Crippen molar-refractivity contribution in [1.29, 1.82) is 0 Å². The molecule has 3 aromatic rings. The monoisotopic (exact) mass is 512 g/mol. The van der Waals surface area contributed by atoms with E-state index in [9.17, 15) is 13.2 Å². The van der Waals surface area contributed by atoms with E-state index in [1.54, 1.807) is 39.9 Å². The van der Waals surface area contributed by atoms with Crippen LogP contribution in [0.3, 0.4) is 0 Å². The second-order valence-corrected chi connectivity index (χ2v) is 12.6. The molecule has 2 fully saturated rings. The topological polar surface area (TPSA) is 73.8 Å². The normalized spacial score (nSPS) is 19.9. The quantitative estimate of drug-likeness (QED) is 0.517. The van der Waals surface area contributed by atoms with E-state index in [4.69, 9.17) is 4.98 Å². The number of piperidine rings is 1. The Bertz CT molecular complexity index is 1340. The number of anilines is 1. The summed E-state index contributed by atoms with van der Waals surface area (Å²) in [6, 6.07) is 10.8. The number of sulfonamides is 1. The van der Waals surface area contributed by atoms with Crippen LogP contribution in [0.5, 0.6) is 0 Å². The molecule has 0 aliphatic carbocycles. The summed E-state index contributed by atoms with van der Waals surface area (Å²) in [4.78, 5) is 22.3. The molecule has 1 unspecified atom stereocenters. The highest BCUT2D eigenvalue weighted by molar-refractivity contribution is 7.89. The minimum atomic E-state index is -3.54. The van der Waals surface area contributed by atoms with Crippen molar-refractivity contribution in [2.24, 2.45) is 0 Å². The number of amides is 1. The second kappa shape index (κ2) is 9.52. The number of carbonyl (C=O) groups excluding carboxylic acids is 1. The smallest absolute Gasteiger partial charge is 0.253 e. The van der Waals surface area contributed by atoms with Crippen molar-refractivity contribution in [3.05, 3.63) is 53.1 Å². The Morgan fingerprint density at radius 1 is 1.00 bits per heavy atom. The van der Waals surface area contributed by atoms with E-state index in [0.717, 1.165) is 43.0 Å². The minimum absolute atomic E-state index is 0.00900. The lowest BCUT2D eigenvalue weighted by Crippen LogP contribution is -2.48. The standard InChI is InChI=1S/C26H32N4O3S2/c1-18-16-19(2)24-23(17-18)27-26(34-24)29-14-12-28(13-15-29)25(31)21-7-9-22(10-8-21)35(32,33)30-11-5-4-6-20(30)3/h7-10,16-17,20H,4-6,11-15H2,1-3H3. The number of piperazine rings is 1. The van der Waals surface area contributed by atoms with Crippen molar-refractivity contribution in [1.82, 2.24) is 14.2 Å². The van der Waals surface area contributed by atoms with Crippen molar-refractivity contribution < 1.29 is 13.2 Å². The molecule has 2 saturated heterocycles. The van der Waals surface area contributed by atoms with Gasteiger partial charge in [0, 0.05) is 44.3 Å². The number of rotatable bonds is 4. The number of hydrogen-bond acceptors (Lipinski definition) is 6. The van der Waals surface area contributed by atoms with Gasteiger partial charge in [0.15, 0.2) is 5.13 Å². The number of hydrogen-bond donors (Lipinski definition) is 0. The average Bonchev–Trinajstić information content (AvgIpc) is 3.28. The summed E-state index contributed by atoms with van der Waals surface area (Å²) in [6.45, 7) is 9.40. The average molecular weight is 513 g/mol. The predicted octanol–water partition coefficient (Wildman–Crippen LogP) is 4.44. The maximum absolute atomic E-state index is 13.1. The van der Waals surface area contributed by atoms with Crippen LogP contribution in [-0.2, 0) is 10.0 Å². The van der Waals surface area contributed by atoms with Gasteiger partial charge in [-0.15, -0.1) is 0 Å². The number of fused-ring (bicyclic) bond motifs is 1. The summed E-state index contributed by atoms with van der Waals surface area (Å²) in [5, 5.41) is 1.00. The molecule has 35 heavy (non-hydrogen) atoms. The van der Waals surface area contributed by atoms with Crippen LogP contribution in [0.25, 0.3) is 10.2 Å². The minimum Gasteiger partial charge on any atom is -0.345 e. The van der Waals surface area contributed by atoms with Gasteiger partial charge in [0.1, 0.15) is 0 Å². The lowest BCUT2D eigenvalue weighted by atomic mass is 10.1. The van der Waals surface area contributed by atoms with Crippen LogP contribution >= 0.6 is 11.3 Å². The molecule has 2 aromatic carbocycles. The molecule has 0 N–H and O–H groups in total. The highest BCUT2D eigenvalue weighted by Crippen LogP contribution is 2.32. The predicted molar refractivity (Wildman–Crippen MR) is 141 cm³/mol. The van der Waals surface area contributed by atoms with Gasteiger partial charge in [0.2, 0.25) is 10.0 Å². The van der Waals surface area contributed by atoms with Gasteiger partial charge >= 0.3 is 0 Å². The first-order valence-corrected chi connectivity index (χ1v) is 14.5. The molecule has 0 saturated carbocycles. The van der Waals surface area contributed by atoms with Crippen molar-refractivity contribution in [2.75, 3.05) is 37.6 Å². The molecular formula is C26H32N4O3S2. The van der Waals surface area contributed by atoms with Gasteiger partial charge in [0.25, 0.3) is 5.91 Å². The van der Waals surface area contributed by atoms with E-state index in [-0.39, 0.29) is 16.8 Å². The Kier molecular flexibility index (Phi) is 6.59. The molecule has 7 nitrogen and oxygen atoms in total. The molecule has 3 heterocycles. The van der Waals surface area contributed by atoms with Crippen LogP contribution in [-0.4, -0.2) is 67.3 Å². The van der Waals surface area contributed by atoms with Crippen molar-refractivity contribution >= 4 is 42.6 Å². The molecule has 9 heteroatoms. The SMILES string of the molecule is Cc1cc(C)c2sc(N3CCN(C(=O)c4ccc(S(=O)(=O)N5CCCCC5C)cc4)CC3)nc2c1. The van der Waals surface area contributed by atoms with Gasteiger partial charge < -0.3 is 9.80 Å². The van der Waals surface area contributed by atoms with Crippen molar-refractivity contribution in [3.8, 4) is 0 Å². The maximum atomic E-state index is 13.1. The lowest BCUT2D eigenvalue weighted by molar-refractivity contribution is 0.0746. The molecular weight excluding hydrogens is 480 g/mol. The fourth-order valence-electron chi connectivity index (χ4n) is 5.12.